The molecule has 0 saturated heterocycles. The lowest BCUT2D eigenvalue weighted by Gasteiger charge is -2.22. The summed E-state index contributed by atoms with van der Waals surface area (Å²) in [6.45, 7) is 0.892. The molecule has 0 bridgehead atoms. The highest BCUT2D eigenvalue weighted by atomic mass is 15.1. The summed E-state index contributed by atoms with van der Waals surface area (Å²) >= 11 is 0. The molecule has 0 aliphatic rings. The molecule has 0 radical (unpaired) electrons. The summed E-state index contributed by atoms with van der Waals surface area (Å²) in [5, 5.41) is 3.21. The molecule has 0 spiro atoms. The van der Waals surface area contributed by atoms with Crippen LogP contribution in [0.4, 0.5) is 0 Å². The van der Waals surface area contributed by atoms with E-state index in [0.717, 1.165) is 23.6 Å². The third-order valence-corrected chi connectivity index (χ3v) is 3.02. The topological polar surface area (TPSA) is 44.0 Å². The maximum atomic E-state index is 4.46. The lowest BCUT2D eigenvalue weighted by molar-refractivity contribution is 0.289. The molecule has 1 aromatic heterocycles. The molecule has 0 fully saturated rings. The van der Waals surface area contributed by atoms with E-state index >= 15 is 0 Å². The molecule has 1 atom stereocenters. The average molecular weight is 244 g/mol. The molecular formula is C14H20N4. The highest BCUT2D eigenvalue weighted by Crippen LogP contribution is 2.20. The molecule has 2 N–H and O–H groups in total. The zero-order chi connectivity index (χ0) is 13.0. The van der Waals surface area contributed by atoms with E-state index in [1.165, 1.54) is 0 Å². The van der Waals surface area contributed by atoms with Crippen LogP contribution in [0.1, 0.15) is 11.7 Å². The first-order chi connectivity index (χ1) is 8.72. The molecule has 0 aliphatic carbocycles. The molecule has 0 saturated carbocycles. The minimum atomic E-state index is 0.306. The Kier molecular flexibility index (Phi) is 4.12. The van der Waals surface area contributed by atoms with Crippen molar-refractivity contribution in [2.24, 2.45) is 0 Å². The molecule has 2 aromatic rings. The van der Waals surface area contributed by atoms with E-state index in [2.05, 4.69) is 46.4 Å². The Morgan fingerprint density at radius 2 is 2.00 bits per heavy atom. The largest absolute Gasteiger partial charge is 0.341 e. The second-order valence-electron chi connectivity index (χ2n) is 4.59. The quantitative estimate of drug-likeness (QED) is 0.844. The van der Waals surface area contributed by atoms with Gasteiger partial charge in [-0.15, -0.1) is 0 Å². The molecule has 1 aromatic carbocycles. The molecule has 4 heteroatoms. The highest BCUT2D eigenvalue weighted by molar-refractivity contribution is 5.54. The number of aromatic amines is 1. The van der Waals surface area contributed by atoms with Crippen molar-refractivity contribution in [3.05, 3.63) is 42.2 Å². The van der Waals surface area contributed by atoms with E-state index in [4.69, 9.17) is 0 Å². The smallest absolute Gasteiger partial charge is 0.137 e. The predicted octanol–water partition coefficient (Wildman–Crippen LogP) is 1.90. The molecular weight excluding hydrogens is 224 g/mol. The van der Waals surface area contributed by atoms with Crippen molar-refractivity contribution < 1.29 is 0 Å². The van der Waals surface area contributed by atoms with E-state index in [0.29, 0.717) is 6.04 Å². The third-order valence-electron chi connectivity index (χ3n) is 3.02. The second-order valence-corrected chi connectivity index (χ2v) is 4.59. The number of rotatable bonds is 5. The van der Waals surface area contributed by atoms with Gasteiger partial charge in [-0.05, 0) is 21.1 Å². The van der Waals surface area contributed by atoms with Gasteiger partial charge in [0.15, 0.2) is 0 Å². The lowest BCUT2D eigenvalue weighted by atomic mass is 10.2. The zero-order valence-electron chi connectivity index (χ0n) is 11.1. The SMILES string of the molecule is CNCC(c1cnc(-c2ccccc2)[nH]1)N(C)C. The van der Waals surface area contributed by atoms with Gasteiger partial charge in [0.2, 0.25) is 0 Å². The first-order valence-electron chi connectivity index (χ1n) is 6.13. The fraction of sp³-hybridized carbons (Fsp3) is 0.357. The molecule has 0 amide bonds. The fourth-order valence-corrected chi connectivity index (χ4v) is 2.01. The van der Waals surface area contributed by atoms with Crippen LogP contribution in [0.3, 0.4) is 0 Å². The first kappa shape index (κ1) is 12.8. The monoisotopic (exact) mass is 244 g/mol. The van der Waals surface area contributed by atoms with Crippen molar-refractivity contribution in [2.75, 3.05) is 27.7 Å². The predicted molar refractivity (Wildman–Crippen MR) is 74.4 cm³/mol. The minimum absolute atomic E-state index is 0.306. The van der Waals surface area contributed by atoms with Crippen LogP contribution in [0, 0.1) is 0 Å². The molecule has 2 rings (SSSR count). The summed E-state index contributed by atoms with van der Waals surface area (Å²) < 4.78 is 0. The molecule has 4 nitrogen and oxygen atoms in total. The van der Waals surface area contributed by atoms with Crippen LogP contribution in [0.2, 0.25) is 0 Å². The van der Waals surface area contributed by atoms with E-state index < -0.39 is 0 Å². The number of imidazole rings is 1. The van der Waals surface area contributed by atoms with Gasteiger partial charge in [0, 0.05) is 12.1 Å². The number of nitrogens with zero attached hydrogens (tertiary/aromatic N) is 2. The van der Waals surface area contributed by atoms with Gasteiger partial charge < -0.3 is 10.3 Å². The lowest BCUT2D eigenvalue weighted by Crippen LogP contribution is -2.29. The van der Waals surface area contributed by atoms with E-state index in [1.54, 1.807) is 0 Å². The number of hydrogen-bond donors (Lipinski definition) is 2. The van der Waals surface area contributed by atoms with Gasteiger partial charge in [-0.2, -0.15) is 0 Å². The highest BCUT2D eigenvalue weighted by Gasteiger charge is 2.15. The Balaban J connectivity index is 2.24. The standard InChI is InChI=1S/C14H20N4/c1-15-10-13(18(2)3)12-9-16-14(17-12)11-7-5-4-6-8-11/h4-9,13,15H,10H2,1-3H3,(H,16,17). The van der Waals surface area contributed by atoms with Crippen LogP contribution in [0.15, 0.2) is 36.5 Å². The van der Waals surface area contributed by atoms with Gasteiger partial charge >= 0.3 is 0 Å². The van der Waals surface area contributed by atoms with Crippen molar-refractivity contribution in [1.82, 2.24) is 20.2 Å². The Hall–Kier alpha value is -1.65. The molecule has 0 aliphatic heterocycles. The number of nitrogens with one attached hydrogen (secondary N) is 2. The van der Waals surface area contributed by atoms with Gasteiger partial charge in [0.1, 0.15) is 5.82 Å². The summed E-state index contributed by atoms with van der Waals surface area (Å²) in [5.74, 6) is 0.925. The minimum Gasteiger partial charge on any atom is -0.341 e. The number of likely N-dealkylation sites (N-methyl/N-ethyl adjacent to an activating group) is 2. The van der Waals surface area contributed by atoms with Crippen molar-refractivity contribution in [3.63, 3.8) is 0 Å². The van der Waals surface area contributed by atoms with Crippen molar-refractivity contribution in [3.8, 4) is 11.4 Å². The van der Waals surface area contributed by atoms with Gasteiger partial charge in [-0.1, -0.05) is 30.3 Å². The Morgan fingerprint density at radius 1 is 1.28 bits per heavy atom. The normalized spacial score (nSPS) is 12.9. The zero-order valence-corrected chi connectivity index (χ0v) is 11.1. The number of aromatic nitrogens is 2. The van der Waals surface area contributed by atoms with Crippen LogP contribution in [-0.2, 0) is 0 Å². The Labute approximate surface area is 108 Å². The molecule has 18 heavy (non-hydrogen) atoms. The first-order valence-corrected chi connectivity index (χ1v) is 6.13. The maximum absolute atomic E-state index is 4.46. The molecule has 96 valence electrons. The van der Waals surface area contributed by atoms with Crippen LogP contribution < -0.4 is 5.32 Å². The summed E-state index contributed by atoms with van der Waals surface area (Å²) in [4.78, 5) is 10.0. The van der Waals surface area contributed by atoms with Crippen molar-refractivity contribution in [1.29, 1.82) is 0 Å². The van der Waals surface area contributed by atoms with Gasteiger partial charge in [0.25, 0.3) is 0 Å². The maximum Gasteiger partial charge on any atom is 0.137 e. The molecule has 1 unspecified atom stereocenters. The van der Waals surface area contributed by atoms with Crippen LogP contribution in [0.25, 0.3) is 11.4 Å². The van der Waals surface area contributed by atoms with Gasteiger partial charge in [-0.3, -0.25) is 4.90 Å². The molecule has 1 heterocycles. The van der Waals surface area contributed by atoms with E-state index in [1.807, 2.05) is 31.4 Å². The Morgan fingerprint density at radius 3 is 2.61 bits per heavy atom. The number of hydrogen-bond acceptors (Lipinski definition) is 3. The summed E-state index contributed by atoms with van der Waals surface area (Å²) in [6, 6.07) is 10.5. The van der Waals surface area contributed by atoms with Gasteiger partial charge in [0.05, 0.1) is 17.9 Å². The number of benzene rings is 1. The number of H-pyrrole nitrogens is 1. The second kappa shape index (κ2) is 5.80. The average Bonchev–Trinajstić information content (AvgIpc) is 2.86. The summed E-state index contributed by atoms with van der Waals surface area (Å²) in [7, 11) is 6.11. The summed E-state index contributed by atoms with van der Waals surface area (Å²) in [6.07, 6.45) is 1.92. The third kappa shape index (κ3) is 2.78. The van der Waals surface area contributed by atoms with Gasteiger partial charge in [-0.25, -0.2) is 4.98 Å². The van der Waals surface area contributed by atoms with Crippen LogP contribution in [-0.4, -0.2) is 42.6 Å². The van der Waals surface area contributed by atoms with Crippen molar-refractivity contribution >= 4 is 0 Å². The van der Waals surface area contributed by atoms with Crippen LogP contribution in [0.5, 0.6) is 0 Å². The summed E-state index contributed by atoms with van der Waals surface area (Å²) in [5.41, 5.74) is 2.25. The van der Waals surface area contributed by atoms with Crippen molar-refractivity contribution in [2.45, 2.75) is 6.04 Å². The Bertz CT molecular complexity index is 476. The van der Waals surface area contributed by atoms with E-state index in [-0.39, 0.29) is 0 Å². The fourth-order valence-electron chi connectivity index (χ4n) is 2.01. The van der Waals surface area contributed by atoms with Crippen LogP contribution >= 0.6 is 0 Å². The van der Waals surface area contributed by atoms with E-state index in [9.17, 15) is 0 Å².